The predicted octanol–water partition coefficient (Wildman–Crippen LogP) is 1.77. The highest BCUT2D eigenvalue weighted by molar-refractivity contribution is 7.21. The second-order valence-corrected chi connectivity index (χ2v) is 7.18. The number of thiophene rings is 1. The van der Waals surface area contributed by atoms with Crippen molar-refractivity contribution in [3.63, 3.8) is 0 Å². The molecule has 0 radical (unpaired) electrons. The van der Waals surface area contributed by atoms with E-state index in [1.54, 1.807) is 7.11 Å². The van der Waals surface area contributed by atoms with Gasteiger partial charge >= 0.3 is 0 Å². The maximum Gasteiger partial charge on any atom is 0.263 e. The smallest absolute Gasteiger partial charge is 0.263 e. The molecule has 0 unspecified atom stereocenters. The Hall–Kier alpha value is -1.83. The zero-order valence-electron chi connectivity index (χ0n) is 13.6. The molecule has 3 heterocycles. The average Bonchev–Trinajstić information content (AvgIpc) is 2.90. The first-order valence-electron chi connectivity index (χ1n) is 8.20. The number of hydrogen-bond acceptors (Lipinski definition) is 6. The minimum atomic E-state index is 0.00780. The largest absolute Gasteiger partial charge is 0.497 e. The Balaban J connectivity index is 1.56. The van der Waals surface area contributed by atoms with Crippen molar-refractivity contribution in [2.45, 2.75) is 6.04 Å². The lowest BCUT2D eigenvalue weighted by Gasteiger charge is -2.30. The van der Waals surface area contributed by atoms with Gasteiger partial charge < -0.3 is 20.1 Å². The van der Waals surface area contributed by atoms with Gasteiger partial charge in [0.05, 0.1) is 32.1 Å². The Morgan fingerprint density at radius 2 is 2.21 bits per heavy atom. The molecule has 2 aliphatic rings. The van der Waals surface area contributed by atoms with Crippen molar-refractivity contribution in [1.82, 2.24) is 10.2 Å². The van der Waals surface area contributed by atoms with E-state index in [0.29, 0.717) is 0 Å². The average molecular weight is 347 g/mol. The first kappa shape index (κ1) is 15.7. The molecule has 128 valence electrons. The summed E-state index contributed by atoms with van der Waals surface area (Å²) in [6, 6.07) is 6.02. The minimum absolute atomic E-state index is 0.00780. The van der Waals surface area contributed by atoms with Crippen LogP contribution in [0.5, 0.6) is 5.75 Å². The summed E-state index contributed by atoms with van der Waals surface area (Å²) < 4.78 is 11.8. The lowest BCUT2D eigenvalue weighted by molar-refractivity contribution is 0.0340. The van der Waals surface area contributed by atoms with Crippen LogP contribution in [-0.4, -0.2) is 63.4 Å². The quantitative estimate of drug-likeness (QED) is 0.886. The fourth-order valence-corrected chi connectivity index (χ4v) is 4.33. The molecule has 1 atom stereocenters. The van der Waals surface area contributed by atoms with Crippen LogP contribution in [0.15, 0.2) is 18.2 Å². The number of anilines is 1. The molecular formula is C17H21N3O3S. The van der Waals surface area contributed by atoms with Crippen LogP contribution in [0.2, 0.25) is 0 Å². The number of ether oxygens (including phenoxy) is 2. The van der Waals surface area contributed by atoms with E-state index in [9.17, 15) is 4.79 Å². The SMILES string of the molecule is COc1ccc2sc3c(c2c1)NC[C@@H](CN1CCOCC1)NC3=O. The van der Waals surface area contributed by atoms with Gasteiger partial charge in [0.15, 0.2) is 0 Å². The summed E-state index contributed by atoms with van der Waals surface area (Å²) in [6.07, 6.45) is 0. The molecule has 7 heteroatoms. The monoisotopic (exact) mass is 347 g/mol. The second-order valence-electron chi connectivity index (χ2n) is 6.13. The van der Waals surface area contributed by atoms with E-state index in [0.717, 1.165) is 65.8 Å². The lowest BCUT2D eigenvalue weighted by Crippen LogP contribution is -2.48. The number of carbonyl (C=O) groups is 1. The maximum absolute atomic E-state index is 12.7. The molecule has 2 aromatic rings. The fraction of sp³-hybridized carbons (Fsp3) is 0.471. The Labute approximate surface area is 144 Å². The van der Waals surface area contributed by atoms with Gasteiger partial charge in [-0.05, 0) is 18.2 Å². The number of fused-ring (bicyclic) bond motifs is 3. The molecule has 1 aromatic carbocycles. The zero-order valence-corrected chi connectivity index (χ0v) is 14.4. The van der Waals surface area contributed by atoms with Gasteiger partial charge in [0, 0.05) is 36.3 Å². The number of methoxy groups -OCH3 is 1. The maximum atomic E-state index is 12.7. The number of amides is 1. The Bertz CT molecular complexity index is 755. The van der Waals surface area contributed by atoms with Crippen molar-refractivity contribution in [2.75, 3.05) is 51.8 Å². The molecule has 1 amide bonds. The lowest BCUT2D eigenvalue weighted by atomic mass is 10.2. The van der Waals surface area contributed by atoms with Crippen molar-refractivity contribution in [1.29, 1.82) is 0 Å². The van der Waals surface area contributed by atoms with E-state index in [1.165, 1.54) is 11.3 Å². The molecule has 1 fully saturated rings. The molecule has 1 saturated heterocycles. The molecule has 24 heavy (non-hydrogen) atoms. The number of benzene rings is 1. The topological polar surface area (TPSA) is 62.8 Å². The molecular weight excluding hydrogens is 326 g/mol. The normalized spacial score (nSPS) is 21.7. The summed E-state index contributed by atoms with van der Waals surface area (Å²) in [5.41, 5.74) is 0.927. The number of nitrogens with zero attached hydrogens (tertiary/aromatic N) is 1. The first-order valence-corrected chi connectivity index (χ1v) is 9.01. The summed E-state index contributed by atoms with van der Waals surface area (Å²) in [6.45, 7) is 4.96. The Morgan fingerprint density at radius 1 is 1.38 bits per heavy atom. The summed E-state index contributed by atoms with van der Waals surface area (Å²) in [4.78, 5) is 15.8. The minimum Gasteiger partial charge on any atom is -0.497 e. The van der Waals surface area contributed by atoms with Gasteiger partial charge in [-0.25, -0.2) is 0 Å². The fourth-order valence-electron chi connectivity index (χ4n) is 3.27. The molecule has 0 aliphatic carbocycles. The van der Waals surface area contributed by atoms with Gasteiger partial charge in [-0.1, -0.05) is 0 Å². The zero-order chi connectivity index (χ0) is 16.5. The molecule has 0 spiro atoms. The highest BCUT2D eigenvalue weighted by Gasteiger charge is 2.27. The molecule has 2 N–H and O–H groups in total. The highest BCUT2D eigenvalue weighted by Crippen LogP contribution is 2.38. The van der Waals surface area contributed by atoms with Gasteiger partial charge in [0.2, 0.25) is 0 Å². The van der Waals surface area contributed by atoms with E-state index >= 15 is 0 Å². The number of rotatable bonds is 3. The first-order chi connectivity index (χ1) is 11.7. The van der Waals surface area contributed by atoms with Crippen LogP contribution in [0.1, 0.15) is 9.67 Å². The van der Waals surface area contributed by atoms with E-state index in [1.807, 2.05) is 18.2 Å². The number of nitrogens with one attached hydrogen (secondary N) is 2. The standard InChI is InChI=1S/C17H21N3O3S/c1-22-12-2-3-14-13(8-12)15-16(24-14)17(21)19-11(9-18-15)10-20-4-6-23-7-5-20/h2-3,8,11,18H,4-7,9-10H2,1H3,(H,19,21)/t11-/m0/s1. The molecule has 0 bridgehead atoms. The predicted molar refractivity (Wildman–Crippen MR) is 95.4 cm³/mol. The Kier molecular flexibility index (Phi) is 4.30. The highest BCUT2D eigenvalue weighted by atomic mass is 32.1. The van der Waals surface area contributed by atoms with E-state index < -0.39 is 0 Å². The van der Waals surface area contributed by atoms with Crippen molar-refractivity contribution < 1.29 is 14.3 Å². The van der Waals surface area contributed by atoms with Crippen molar-refractivity contribution in [2.24, 2.45) is 0 Å². The third-order valence-electron chi connectivity index (χ3n) is 4.54. The van der Waals surface area contributed by atoms with Gasteiger partial charge in [-0.15, -0.1) is 11.3 Å². The van der Waals surface area contributed by atoms with Gasteiger partial charge in [0.1, 0.15) is 10.6 Å². The molecule has 2 aliphatic heterocycles. The van der Waals surface area contributed by atoms with Crippen molar-refractivity contribution >= 4 is 33.0 Å². The van der Waals surface area contributed by atoms with Crippen molar-refractivity contribution in [3.8, 4) is 5.75 Å². The van der Waals surface area contributed by atoms with Gasteiger partial charge in [-0.3, -0.25) is 9.69 Å². The second kappa shape index (κ2) is 6.58. The number of carbonyl (C=O) groups excluding carboxylic acids is 1. The van der Waals surface area contributed by atoms with E-state index in [2.05, 4.69) is 15.5 Å². The van der Waals surface area contributed by atoms with Crippen LogP contribution in [0, 0.1) is 0 Å². The number of hydrogen-bond donors (Lipinski definition) is 2. The summed E-state index contributed by atoms with van der Waals surface area (Å²) in [5, 5.41) is 7.70. The number of morpholine rings is 1. The van der Waals surface area contributed by atoms with Gasteiger partial charge in [0.25, 0.3) is 5.91 Å². The van der Waals surface area contributed by atoms with E-state index in [-0.39, 0.29) is 11.9 Å². The summed E-state index contributed by atoms with van der Waals surface area (Å²) in [5.74, 6) is 0.813. The molecule has 1 aromatic heterocycles. The third kappa shape index (κ3) is 2.94. The van der Waals surface area contributed by atoms with Crippen LogP contribution in [0.4, 0.5) is 5.69 Å². The van der Waals surface area contributed by atoms with Crippen LogP contribution < -0.4 is 15.4 Å². The third-order valence-corrected chi connectivity index (χ3v) is 5.71. The molecule has 6 nitrogen and oxygen atoms in total. The summed E-state index contributed by atoms with van der Waals surface area (Å²) >= 11 is 1.52. The van der Waals surface area contributed by atoms with Crippen LogP contribution in [-0.2, 0) is 4.74 Å². The Morgan fingerprint density at radius 3 is 3.00 bits per heavy atom. The van der Waals surface area contributed by atoms with Gasteiger partial charge in [-0.2, -0.15) is 0 Å². The van der Waals surface area contributed by atoms with Crippen LogP contribution in [0.25, 0.3) is 10.1 Å². The summed E-state index contributed by atoms with van der Waals surface area (Å²) in [7, 11) is 1.66. The van der Waals surface area contributed by atoms with Crippen LogP contribution in [0.3, 0.4) is 0 Å². The van der Waals surface area contributed by atoms with Crippen LogP contribution >= 0.6 is 11.3 Å². The molecule has 0 saturated carbocycles. The van der Waals surface area contributed by atoms with Crippen molar-refractivity contribution in [3.05, 3.63) is 23.1 Å². The molecule has 4 rings (SSSR count). The van der Waals surface area contributed by atoms with E-state index in [4.69, 9.17) is 9.47 Å².